The van der Waals surface area contributed by atoms with Crippen molar-refractivity contribution in [3.63, 3.8) is 0 Å². The Balaban J connectivity index is 0.00000241. The van der Waals surface area contributed by atoms with Gasteiger partial charge in [-0.1, -0.05) is 18.2 Å². The van der Waals surface area contributed by atoms with Gasteiger partial charge in [0.2, 0.25) is 5.95 Å². The fourth-order valence-electron chi connectivity index (χ4n) is 3.75. The average molecular weight is 485 g/mol. The summed E-state index contributed by atoms with van der Waals surface area (Å²) in [5.41, 5.74) is 2.11. The van der Waals surface area contributed by atoms with Crippen molar-refractivity contribution in [3.05, 3.63) is 65.4 Å². The van der Waals surface area contributed by atoms with E-state index in [4.69, 9.17) is 10.1 Å². The van der Waals surface area contributed by atoms with Gasteiger partial charge < -0.3 is 30.7 Å². The second-order valence-electron chi connectivity index (χ2n) is 8.15. The third-order valence-corrected chi connectivity index (χ3v) is 5.69. The van der Waals surface area contributed by atoms with Crippen molar-refractivity contribution in [2.75, 3.05) is 50.0 Å². The van der Waals surface area contributed by atoms with Gasteiger partial charge in [-0.05, 0) is 12.1 Å². The number of nitrogens with zero attached hydrogens (tertiary/aromatic N) is 4. The monoisotopic (exact) mass is 484 g/mol. The number of nitrogens with one attached hydrogen (secondary N) is 4. The Kier molecular flexibility index (Phi) is 8.01. The van der Waals surface area contributed by atoms with Gasteiger partial charge in [0, 0.05) is 66.8 Å². The van der Waals surface area contributed by atoms with Crippen molar-refractivity contribution in [1.82, 2.24) is 24.8 Å². The molecule has 2 aromatic heterocycles. The predicted octanol–water partition coefficient (Wildman–Crippen LogP) is 2.86. The molecule has 3 heterocycles. The van der Waals surface area contributed by atoms with Crippen molar-refractivity contribution in [1.29, 1.82) is 5.41 Å². The number of carbonyl (C=O) groups excluding carboxylic acids is 1. The Labute approximate surface area is 206 Å². The van der Waals surface area contributed by atoms with E-state index in [1.807, 2.05) is 0 Å². The third-order valence-electron chi connectivity index (χ3n) is 5.69. The zero-order chi connectivity index (χ0) is 24.6. The molecular formula is C24H33FN8O2. The lowest BCUT2D eigenvalue weighted by molar-refractivity contribution is 0.0383. The number of hydrogen-bond acceptors (Lipinski definition) is 8. The Bertz CT molecular complexity index is 1190. The van der Waals surface area contributed by atoms with Crippen LogP contribution in [-0.4, -0.2) is 70.9 Å². The molecular weight excluding hydrogens is 451 g/mol. The zero-order valence-electron chi connectivity index (χ0n) is 19.6. The number of morpholine rings is 1. The highest BCUT2D eigenvalue weighted by Gasteiger charge is 2.15. The van der Waals surface area contributed by atoms with E-state index in [2.05, 4.69) is 30.8 Å². The standard InChI is InChI=1S/C24H29FN8O2.2H2/c1-32-16-19(12-21(32)23(34)27-6-7-33-8-10-35-11-9-33)30-24-29-15-18(13-26)22(31-24)28-14-17-4-2-3-5-20(17)25;;/h2-5,12-13,15-16,26H,6-11,14H2,1H3,(H,27,34)(H2,28,29,30,31);2*1H. The quantitative estimate of drug-likeness (QED) is 0.327. The molecule has 0 bridgehead atoms. The number of aryl methyl sites for hydroxylation is 1. The maximum Gasteiger partial charge on any atom is 0.268 e. The molecule has 1 saturated heterocycles. The smallest absolute Gasteiger partial charge is 0.268 e. The minimum Gasteiger partial charge on any atom is -0.379 e. The first-order valence-electron chi connectivity index (χ1n) is 11.4. The summed E-state index contributed by atoms with van der Waals surface area (Å²) in [5.74, 6) is 0.208. The molecule has 188 valence electrons. The third kappa shape index (κ3) is 6.40. The van der Waals surface area contributed by atoms with E-state index in [-0.39, 0.29) is 27.1 Å². The molecule has 0 atom stereocenters. The van der Waals surface area contributed by atoms with E-state index >= 15 is 0 Å². The van der Waals surface area contributed by atoms with Crippen molar-refractivity contribution in [2.24, 2.45) is 7.05 Å². The molecule has 1 aliphatic rings. The zero-order valence-corrected chi connectivity index (χ0v) is 19.6. The van der Waals surface area contributed by atoms with Crippen molar-refractivity contribution in [3.8, 4) is 0 Å². The van der Waals surface area contributed by atoms with E-state index in [9.17, 15) is 9.18 Å². The minimum atomic E-state index is -0.316. The molecule has 0 radical (unpaired) electrons. The van der Waals surface area contributed by atoms with Gasteiger partial charge in [0.1, 0.15) is 17.3 Å². The molecule has 1 aromatic carbocycles. The molecule has 11 heteroatoms. The maximum absolute atomic E-state index is 13.9. The van der Waals surface area contributed by atoms with Gasteiger partial charge in [-0.25, -0.2) is 9.37 Å². The number of rotatable bonds is 10. The van der Waals surface area contributed by atoms with Crippen LogP contribution in [0, 0.1) is 11.2 Å². The van der Waals surface area contributed by atoms with Crippen LogP contribution in [0.1, 0.15) is 24.5 Å². The molecule has 1 aliphatic heterocycles. The normalized spacial score (nSPS) is 13.9. The molecule has 0 unspecified atom stereocenters. The number of benzene rings is 1. The molecule has 0 spiro atoms. The molecule has 10 nitrogen and oxygen atoms in total. The van der Waals surface area contributed by atoms with Crippen molar-refractivity contribution >= 4 is 29.6 Å². The van der Waals surface area contributed by atoms with E-state index < -0.39 is 0 Å². The van der Waals surface area contributed by atoms with Crippen LogP contribution in [0.2, 0.25) is 0 Å². The highest BCUT2D eigenvalue weighted by atomic mass is 19.1. The van der Waals surface area contributed by atoms with E-state index in [0.717, 1.165) is 39.1 Å². The minimum absolute atomic E-state index is 0. The summed E-state index contributed by atoms with van der Waals surface area (Å²) in [5, 5.41) is 16.7. The van der Waals surface area contributed by atoms with Crippen LogP contribution >= 0.6 is 0 Å². The fraction of sp³-hybridized carbons (Fsp3) is 0.333. The molecule has 0 aliphatic carbocycles. The highest BCUT2D eigenvalue weighted by molar-refractivity contribution is 5.94. The summed E-state index contributed by atoms with van der Waals surface area (Å²) in [6, 6.07) is 8.20. The first-order chi connectivity index (χ1) is 17.0. The lowest BCUT2D eigenvalue weighted by Crippen LogP contribution is -2.41. The summed E-state index contributed by atoms with van der Waals surface area (Å²) in [7, 11) is 1.79. The number of hydrogen-bond donors (Lipinski definition) is 4. The Morgan fingerprint density at radius 3 is 2.89 bits per heavy atom. The summed E-state index contributed by atoms with van der Waals surface area (Å²) in [6.07, 6.45) is 4.42. The Hall–Kier alpha value is -3.83. The molecule has 35 heavy (non-hydrogen) atoms. The van der Waals surface area contributed by atoms with Gasteiger partial charge in [0.05, 0.1) is 24.5 Å². The van der Waals surface area contributed by atoms with Crippen LogP contribution < -0.4 is 16.0 Å². The average Bonchev–Trinajstić information content (AvgIpc) is 3.24. The molecule has 1 amide bonds. The topological polar surface area (TPSA) is 120 Å². The van der Waals surface area contributed by atoms with E-state index in [1.165, 1.54) is 12.3 Å². The van der Waals surface area contributed by atoms with Crippen LogP contribution in [0.5, 0.6) is 0 Å². The number of halogens is 1. The van der Waals surface area contributed by atoms with Gasteiger partial charge in [-0.2, -0.15) is 4.98 Å². The summed E-state index contributed by atoms with van der Waals surface area (Å²) >= 11 is 0. The molecule has 4 rings (SSSR count). The van der Waals surface area contributed by atoms with Crippen LogP contribution in [0.25, 0.3) is 0 Å². The molecule has 4 N–H and O–H groups in total. The SMILES string of the molecule is Cn1cc(Nc2ncc(C=N)c(NCc3ccccc3F)n2)cc1C(=O)NCCN1CCOCC1.[HH].[HH]. The number of amides is 1. The van der Waals surface area contributed by atoms with Crippen molar-refractivity contribution in [2.45, 2.75) is 6.54 Å². The van der Waals surface area contributed by atoms with Gasteiger partial charge in [-0.3, -0.25) is 9.69 Å². The Morgan fingerprint density at radius 1 is 1.31 bits per heavy atom. The van der Waals surface area contributed by atoms with Crippen LogP contribution in [0.4, 0.5) is 21.8 Å². The molecule has 1 fully saturated rings. The first kappa shape index (κ1) is 24.3. The van der Waals surface area contributed by atoms with Gasteiger partial charge in [0.15, 0.2) is 0 Å². The predicted molar refractivity (Wildman–Crippen MR) is 136 cm³/mol. The number of anilines is 3. The summed E-state index contributed by atoms with van der Waals surface area (Å²) < 4.78 is 21.0. The maximum atomic E-state index is 13.9. The summed E-state index contributed by atoms with van der Waals surface area (Å²) in [4.78, 5) is 23.6. The molecule has 0 saturated carbocycles. The number of ether oxygens (including phenoxy) is 1. The first-order valence-corrected chi connectivity index (χ1v) is 11.4. The lowest BCUT2D eigenvalue weighted by Gasteiger charge is -2.26. The number of aromatic nitrogens is 3. The number of carbonyl (C=O) groups is 1. The van der Waals surface area contributed by atoms with Gasteiger partial charge in [-0.15, -0.1) is 0 Å². The lowest BCUT2D eigenvalue weighted by atomic mass is 10.2. The Morgan fingerprint density at radius 2 is 2.11 bits per heavy atom. The van der Waals surface area contributed by atoms with Gasteiger partial charge in [0.25, 0.3) is 5.91 Å². The highest BCUT2D eigenvalue weighted by Crippen LogP contribution is 2.20. The van der Waals surface area contributed by atoms with E-state index in [0.29, 0.717) is 34.9 Å². The van der Waals surface area contributed by atoms with Gasteiger partial charge >= 0.3 is 0 Å². The fourth-order valence-corrected chi connectivity index (χ4v) is 3.75. The van der Waals surface area contributed by atoms with Crippen LogP contribution in [0.15, 0.2) is 42.7 Å². The molecule has 3 aromatic rings. The van der Waals surface area contributed by atoms with Crippen LogP contribution in [0.3, 0.4) is 0 Å². The second kappa shape index (κ2) is 11.5. The van der Waals surface area contributed by atoms with E-state index in [1.54, 1.807) is 42.1 Å². The second-order valence-corrected chi connectivity index (χ2v) is 8.15. The van der Waals surface area contributed by atoms with Crippen LogP contribution in [-0.2, 0) is 18.3 Å². The van der Waals surface area contributed by atoms with Crippen molar-refractivity contribution < 1.29 is 16.8 Å². The largest absolute Gasteiger partial charge is 0.379 e. The summed E-state index contributed by atoms with van der Waals surface area (Å²) in [6.45, 7) is 4.75.